The Labute approximate surface area is 126 Å². The Hall–Kier alpha value is -1.84. The van der Waals surface area contributed by atoms with Gasteiger partial charge in [-0.05, 0) is 44.2 Å². The molecule has 1 N–H and O–H groups in total. The number of carbonyl (C=O) groups excluding carboxylic acids is 2. The molecule has 1 rings (SSSR count). The smallest absolute Gasteiger partial charge is 0.408 e. The number of hydrogen-bond donors (Lipinski definition) is 1. The number of nitrogens with one attached hydrogen (secondary N) is 1. The molecule has 1 amide bonds. The summed E-state index contributed by atoms with van der Waals surface area (Å²) in [4.78, 5) is 22.9. The van der Waals surface area contributed by atoms with Crippen molar-refractivity contribution in [2.24, 2.45) is 5.92 Å². The minimum absolute atomic E-state index is 0.581. The molecule has 4 heteroatoms. The summed E-state index contributed by atoms with van der Waals surface area (Å²) in [6, 6.07) is 7.03. The van der Waals surface area contributed by atoms with Crippen LogP contribution in [0.1, 0.15) is 51.8 Å². The van der Waals surface area contributed by atoms with Crippen molar-refractivity contribution >= 4 is 12.4 Å². The number of amides is 1. The third kappa shape index (κ3) is 6.43. The highest BCUT2D eigenvalue weighted by atomic mass is 16.6. The summed E-state index contributed by atoms with van der Waals surface area (Å²) in [6.07, 6.45) is 1.11. The fourth-order valence-electron chi connectivity index (χ4n) is 1.96. The van der Waals surface area contributed by atoms with E-state index in [1.165, 1.54) is 5.56 Å². The molecule has 0 aliphatic rings. The molecule has 0 aromatic heterocycles. The normalized spacial score (nSPS) is 12.9. The third-order valence-corrected chi connectivity index (χ3v) is 2.79. The van der Waals surface area contributed by atoms with Gasteiger partial charge in [0.05, 0.1) is 0 Å². The first-order valence-electron chi connectivity index (χ1n) is 7.25. The van der Waals surface area contributed by atoms with Crippen LogP contribution in [0.15, 0.2) is 24.3 Å². The average molecular weight is 291 g/mol. The second kappa shape index (κ2) is 7.25. The molecule has 4 nitrogen and oxygen atoms in total. The van der Waals surface area contributed by atoms with Crippen LogP contribution in [-0.4, -0.2) is 18.0 Å². The van der Waals surface area contributed by atoms with Crippen LogP contribution in [0.5, 0.6) is 0 Å². The second-order valence-electron chi connectivity index (χ2n) is 6.60. The van der Waals surface area contributed by atoms with E-state index in [9.17, 15) is 9.59 Å². The maximum absolute atomic E-state index is 11.7. The monoisotopic (exact) mass is 291 g/mol. The fourth-order valence-corrected chi connectivity index (χ4v) is 1.96. The first-order chi connectivity index (χ1) is 9.71. The first kappa shape index (κ1) is 17.2. The summed E-state index contributed by atoms with van der Waals surface area (Å²) in [6.45, 7) is 9.66. The molecule has 0 saturated carbocycles. The lowest BCUT2D eigenvalue weighted by Crippen LogP contribution is -2.35. The van der Waals surface area contributed by atoms with Crippen LogP contribution in [0.4, 0.5) is 4.79 Å². The number of alkyl carbamates (subject to hydrolysis) is 1. The number of rotatable bonds is 5. The molecule has 0 bridgehead atoms. The van der Waals surface area contributed by atoms with Crippen molar-refractivity contribution in [1.29, 1.82) is 0 Å². The number of hydrogen-bond acceptors (Lipinski definition) is 3. The summed E-state index contributed by atoms with van der Waals surface area (Å²) < 4.78 is 5.16. The highest BCUT2D eigenvalue weighted by Crippen LogP contribution is 2.16. The zero-order valence-electron chi connectivity index (χ0n) is 13.5. The number of aldehydes is 1. The third-order valence-electron chi connectivity index (χ3n) is 2.79. The van der Waals surface area contributed by atoms with Crippen molar-refractivity contribution in [3.63, 3.8) is 0 Å². The molecule has 1 unspecified atom stereocenters. The lowest BCUT2D eigenvalue weighted by atomic mass is 10.00. The lowest BCUT2D eigenvalue weighted by Gasteiger charge is -2.21. The predicted octanol–water partition coefficient (Wildman–Crippen LogP) is 3.65. The van der Waals surface area contributed by atoms with Crippen molar-refractivity contribution in [3.05, 3.63) is 35.4 Å². The highest BCUT2D eigenvalue weighted by Gasteiger charge is 2.20. The SMILES string of the molecule is CC(C)Cc1ccc(C(C=O)NC(=O)OC(C)(C)C)cc1. The van der Waals surface area contributed by atoms with Gasteiger partial charge in [0.15, 0.2) is 0 Å². The van der Waals surface area contributed by atoms with Gasteiger partial charge in [-0.3, -0.25) is 0 Å². The van der Waals surface area contributed by atoms with Crippen LogP contribution in [-0.2, 0) is 16.0 Å². The minimum atomic E-state index is -0.687. The molecular weight excluding hydrogens is 266 g/mol. The van der Waals surface area contributed by atoms with Crippen molar-refractivity contribution in [3.8, 4) is 0 Å². The number of carbonyl (C=O) groups is 2. The molecule has 1 aromatic rings. The van der Waals surface area contributed by atoms with E-state index in [-0.39, 0.29) is 0 Å². The Morgan fingerprint density at radius 3 is 2.24 bits per heavy atom. The van der Waals surface area contributed by atoms with Gasteiger partial charge in [0.2, 0.25) is 0 Å². The van der Waals surface area contributed by atoms with Gasteiger partial charge in [-0.15, -0.1) is 0 Å². The van der Waals surface area contributed by atoms with E-state index in [1.54, 1.807) is 20.8 Å². The van der Waals surface area contributed by atoms with Gasteiger partial charge >= 0.3 is 6.09 Å². The molecule has 21 heavy (non-hydrogen) atoms. The summed E-state index contributed by atoms with van der Waals surface area (Å²) in [7, 11) is 0. The van der Waals surface area contributed by atoms with Gasteiger partial charge < -0.3 is 14.8 Å². The van der Waals surface area contributed by atoms with Crippen LogP contribution in [0.25, 0.3) is 0 Å². The summed E-state index contributed by atoms with van der Waals surface area (Å²) in [5.41, 5.74) is 1.39. The Balaban J connectivity index is 2.72. The van der Waals surface area contributed by atoms with E-state index in [4.69, 9.17) is 4.74 Å². The largest absolute Gasteiger partial charge is 0.444 e. The van der Waals surface area contributed by atoms with Crippen LogP contribution in [0.3, 0.4) is 0 Å². The minimum Gasteiger partial charge on any atom is -0.444 e. The van der Waals surface area contributed by atoms with Gasteiger partial charge in [0.1, 0.15) is 17.9 Å². The van der Waals surface area contributed by atoms with Gasteiger partial charge in [-0.1, -0.05) is 38.1 Å². The second-order valence-corrected chi connectivity index (χ2v) is 6.60. The van der Waals surface area contributed by atoms with Crippen LogP contribution >= 0.6 is 0 Å². The molecule has 0 saturated heterocycles. The Bertz CT molecular complexity index is 472. The van der Waals surface area contributed by atoms with Gasteiger partial charge in [-0.25, -0.2) is 4.79 Å². The molecule has 1 aromatic carbocycles. The molecule has 0 aliphatic heterocycles. The Kier molecular flexibility index (Phi) is 5.94. The topological polar surface area (TPSA) is 55.4 Å². The van der Waals surface area contributed by atoms with Crippen molar-refractivity contribution in [2.45, 2.75) is 52.7 Å². The lowest BCUT2D eigenvalue weighted by molar-refractivity contribution is -0.109. The molecule has 0 spiro atoms. The Morgan fingerprint density at radius 1 is 1.24 bits per heavy atom. The fraction of sp³-hybridized carbons (Fsp3) is 0.529. The van der Waals surface area contributed by atoms with E-state index in [2.05, 4.69) is 19.2 Å². The molecule has 0 aliphatic carbocycles. The highest BCUT2D eigenvalue weighted by molar-refractivity contribution is 5.74. The number of ether oxygens (including phenoxy) is 1. The number of benzene rings is 1. The van der Waals surface area contributed by atoms with Crippen molar-refractivity contribution in [2.75, 3.05) is 0 Å². The molecular formula is C17H25NO3. The van der Waals surface area contributed by atoms with Crippen LogP contribution < -0.4 is 5.32 Å². The van der Waals surface area contributed by atoms with Gasteiger partial charge in [-0.2, -0.15) is 0 Å². The average Bonchev–Trinajstić information content (AvgIpc) is 2.34. The van der Waals surface area contributed by atoms with E-state index < -0.39 is 17.7 Å². The maximum Gasteiger partial charge on any atom is 0.408 e. The van der Waals surface area contributed by atoms with E-state index in [0.717, 1.165) is 12.0 Å². The first-order valence-corrected chi connectivity index (χ1v) is 7.25. The quantitative estimate of drug-likeness (QED) is 0.842. The zero-order chi connectivity index (χ0) is 16.0. The van der Waals surface area contributed by atoms with Crippen LogP contribution in [0, 0.1) is 5.92 Å². The zero-order valence-corrected chi connectivity index (χ0v) is 13.5. The van der Waals surface area contributed by atoms with Gasteiger partial charge in [0, 0.05) is 0 Å². The molecule has 1 atom stereocenters. The standard InChI is InChI=1S/C17H25NO3/c1-12(2)10-13-6-8-14(9-7-13)15(11-19)18-16(20)21-17(3,4)5/h6-9,11-12,15H,10H2,1-5H3,(H,18,20). The van der Waals surface area contributed by atoms with E-state index in [0.29, 0.717) is 12.2 Å². The predicted molar refractivity (Wildman–Crippen MR) is 83.2 cm³/mol. The summed E-state index contributed by atoms with van der Waals surface area (Å²) in [5, 5.41) is 2.57. The summed E-state index contributed by atoms with van der Waals surface area (Å²) >= 11 is 0. The maximum atomic E-state index is 11.7. The Morgan fingerprint density at radius 2 is 1.81 bits per heavy atom. The van der Waals surface area contributed by atoms with Crippen molar-refractivity contribution < 1.29 is 14.3 Å². The van der Waals surface area contributed by atoms with E-state index in [1.807, 2.05) is 24.3 Å². The van der Waals surface area contributed by atoms with E-state index >= 15 is 0 Å². The van der Waals surface area contributed by atoms with Crippen molar-refractivity contribution in [1.82, 2.24) is 5.32 Å². The molecule has 0 radical (unpaired) electrons. The van der Waals surface area contributed by atoms with Crippen LogP contribution in [0.2, 0.25) is 0 Å². The van der Waals surface area contributed by atoms with Gasteiger partial charge in [0.25, 0.3) is 0 Å². The molecule has 0 heterocycles. The summed E-state index contributed by atoms with van der Waals surface area (Å²) in [5.74, 6) is 0.581. The molecule has 0 fully saturated rings. The molecule has 116 valence electrons.